The van der Waals surface area contributed by atoms with Crippen molar-refractivity contribution >= 4 is 23.2 Å². The summed E-state index contributed by atoms with van der Waals surface area (Å²) >= 11 is 0. The quantitative estimate of drug-likeness (QED) is 0.668. The van der Waals surface area contributed by atoms with Crippen LogP contribution < -0.4 is 15.5 Å². The van der Waals surface area contributed by atoms with Crippen molar-refractivity contribution in [3.8, 4) is 0 Å². The Bertz CT molecular complexity index is 877. The van der Waals surface area contributed by atoms with Crippen LogP contribution in [0.3, 0.4) is 0 Å². The number of para-hydroxylation sites is 1. The largest absolute Gasteiger partial charge is 0.379 e. The molecule has 1 fully saturated rings. The van der Waals surface area contributed by atoms with Gasteiger partial charge in [-0.05, 0) is 35.7 Å². The van der Waals surface area contributed by atoms with E-state index >= 15 is 0 Å². The molecule has 1 unspecified atom stereocenters. The van der Waals surface area contributed by atoms with E-state index in [0.717, 1.165) is 36.3 Å². The number of anilines is 2. The highest BCUT2D eigenvalue weighted by Crippen LogP contribution is 2.24. The molecule has 31 heavy (non-hydrogen) atoms. The molecule has 166 valence electrons. The lowest BCUT2D eigenvalue weighted by Gasteiger charge is -2.35. The molecule has 0 radical (unpaired) electrons. The van der Waals surface area contributed by atoms with Gasteiger partial charge in [0.25, 0.3) is 0 Å². The van der Waals surface area contributed by atoms with E-state index in [0.29, 0.717) is 25.4 Å². The van der Waals surface area contributed by atoms with Crippen molar-refractivity contribution in [1.29, 1.82) is 0 Å². The van der Waals surface area contributed by atoms with E-state index in [-0.39, 0.29) is 6.04 Å². The molecule has 0 aromatic heterocycles. The van der Waals surface area contributed by atoms with Crippen LogP contribution >= 0.6 is 0 Å². The predicted molar refractivity (Wildman–Crippen MR) is 123 cm³/mol. The molecule has 2 aromatic carbocycles. The summed E-state index contributed by atoms with van der Waals surface area (Å²) in [4.78, 5) is 29.3. The monoisotopic (exact) mass is 424 g/mol. The van der Waals surface area contributed by atoms with E-state index in [2.05, 4.69) is 39.8 Å². The molecule has 2 N–H and O–H groups in total. The molecule has 0 saturated carbocycles. The molecule has 1 atom stereocenters. The summed E-state index contributed by atoms with van der Waals surface area (Å²) in [6.07, 6.45) is 0.778. The summed E-state index contributed by atoms with van der Waals surface area (Å²) in [7, 11) is 4.01. The summed E-state index contributed by atoms with van der Waals surface area (Å²) in [5, 5.41) is 5.56. The molecule has 7 nitrogen and oxygen atoms in total. The first kappa shape index (κ1) is 22.8. The third-order valence-electron chi connectivity index (χ3n) is 5.59. The Morgan fingerprint density at radius 3 is 2.35 bits per heavy atom. The summed E-state index contributed by atoms with van der Waals surface area (Å²) < 4.78 is 5.49. The van der Waals surface area contributed by atoms with E-state index in [4.69, 9.17) is 4.74 Å². The molecule has 1 saturated heterocycles. The Labute approximate surface area is 184 Å². The van der Waals surface area contributed by atoms with Gasteiger partial charge in [-0.25, -0.2) is 0 Å². The molecular formula is C24H32N4O3. The SMILES string of the molecule is CCc1ccccc1NC(=O)C(=O)NCC(c1ccc(N(C)C)cc1)N1CCOCC1. The van der Waals surface area contributed by atoms with Gasteiger partial charge in [0, 0.05) is 45.1 Å². The lowest BCUT2D eigenvalue weighted by molar-refractivity contribution is -0.136. The van der Waals surface area contributed by atoms with E-state index < -0.39 is 11.8 Å². The third-order valence-corrected chi connectivity index (χ3v) is 5.59. The van der Waals surface area contributed by atoms with Crippen LogP contribution in [0.4, 0.5) is 11.4 Å². The molecule has 2 amide bonds. The fourth-order valence-electron chi connectivity index (χ4n) is 3.74. The van der Waals surface area contributed by atoms with Crippen molar-refractivity contribution in [2.45, 2.75) is 19.4 Å². The van der Waals surface area contributed by atoms with Crippen LogP contribution in [0.1, 0.15) is 24.1 Å². The summed E-state index contributed by atoms with van der Waals surface area (Å²) in [5.41, 5.74) is 3.89. The number of ether oxygens (including phenoxy) is 1. The zero-order chi connectivity index (χ0) is 22.2. The number of nitrogens with zero attached hydrogens (tertiary/aromatic N) is 2. The minimum atomic E-state index is -0.649. The first-order valence-electron chi connectivity index (χ1n) is 10.8. The maximum Gasteiger partial charge on any atom is 0.313 e. The van der Waals surface area contributed by atoms with Crippen molar-refractivity contribution in [3.63, 3.8) is 0 Å². The lowest BCUT2D eigenvalue weighted by Crippen LogP contribution is -2.45. The minimum absolute atomic E-state index is 0.0280. The number of benzene rings is 2. The van der Waals surface area contributed by atoms with Gasteiger partial charge in [-0.3, -0.25) is 14.5 Å². The van der Waals surface area contributed by atoms with Gasteiger partial charge >= 0.3 is 11.8 Å². The number of aryl methyl sites for hydroxylation is 1. The zero-order valence-electron chi connectivity index (χ0n) is 18.6. The molecule has 7 heteroatoms. The maximum absolute atomic E-state index is 12.5. The van der Waals surface area contributed by atoms with Crippen molar-refractivity contribution < 1.29 is 14.3 Å². The van der Waals surface area contributed by atoms with E-state index in [9.17, 15) is 9.59 Å². The summed E-state index contributed by atoms with van der Waals surface area (Å²) in [6, 6.07) is 15.8. The van der Waals surface area contributed by atoms with Crippen LogP contribution in [-0.2, 0) is 20.7 Å². The number of hydrogen-bond acceptors (Lipinski definition) is 5. The topological polar surface area (TPSA) is 73.9 Å². The van der Waals surface area contributed by atoms with Crippen LogP contribution in [0.5, 0.6) is 0 Å². The molecule has 0 bridgehead atoms. The normalized spacial score (nSPS) is 15.2. The average Bonchev–Trinajstić information content (AvgIpc) is 2.80. The number of carbonyl (C=O) groups excluding carboxylic acids is 2. The van der Waals surface area contributed by atoms with Gasteiger partial charge in [-0.15, -0.1) is 0 Å². The Kier molecular flexibility index (Phi) is 8.03. The van der Waals surface area contributed by atoms with Crippen LogP contribution in [-0.4, -0.2) is 63.7 Å². The van der Waals surface area contributed by atoms with Gasteiger partial charge in [0.2, 0.25) is 0 Å². The van der Waals surface area contributed by atoms with Crippen LogP contribution in [0.2, 0.25) is 0 Å². The van der Waals surface area contributed by atoms with E-state index in [1.165, 1.54) is 0 Å². The van der Waals surface area contributed by atoms with E-state index in [1.807, 2.05) is 50.2 Å². The molecular weight excluding hydrogens is 392 g/mol. The number of morpholine rings is 1. The smallest absolute Gasteiger partial charge is 0.313 e. The lowest BCUT2D eigenvalue weighted by atomic mass is 10.0. The van der Waals surface area contributed by atoms with Gasteiger partial charge in [0.1, 0.15) is 0 Å². The first-order valence-corrected chi connectivity index (χ1v) is 10.8. The highest BCUT2D eigenvalue weighted by molar-refractivity contribution is 6.39. The molecule has 2 aromatic rings. The van der Waals surface area contributed by atoms with Gasteiger partial charge in [-0.1, -0.05) is 37.3 Å². The zero-order valence-corrected chi connectivity index (χ0v) is 18.6. The minimum Gasteiger partial charge on any atom is -0.379 e. The Morgan fingerprint density at radius 1 is 1.03 bits per heavy atom. The standard InChI is InChI=1S/C24H32N4O3/c1-4-18-7-5-6-8-21(18)26-24(30)23(29)25-17-22(28-13-15-31-16-14-28)19-9-11-20(12-10-19)27(2)3/h5-12,22H,4,13-17H2,1-3H3,(H,25,29)(H,26,30). The van der Waals surface area contributed by atoms with Crippen LogP contribution in [0.15, 0.2) is 48.5 Å². The second-order valence-corrected chi connectivity index (χ2v) is 7.82. The predicted octanol–water partition coefficient (Wildman–Crippen LogP) is 2.44. The summed E-state index contributed by atoms with van der Waals surface area (Å²) in [5.74, 6) is -1.28. The molecule has 1 aliphatic rings. The Hall–Kier alpha value is -2.90. The molecule has 3 rings (SSSR count). The average molecular weight is 425 g/mol. The third kappa shape index (κ3) is 6.06. The number of nitrogens with one attached hydrogen (secondary N) is 2. The van der Waals surface area contributed by atoms with Gasteiger partial charge in [0.05, 0.1) is 19.3 Å². The van der Waals surface area contributed by atoms with Gasteiger partial charge < -0.3 is 20.3 Å². The van der Waals surface area contributed by atoms with Crippen molar-refractivity contribution in [2.24, 2.45) is 0 Å². The van der Waals surface area contributed by atoms with Gasteiger partial charge in [0.15, 0.2) is 0 Å². The number of hydrogen-bond donors (Lipinski definition) is 2. The highest BCUT2D eigenvalue weighted by Gasteiger charge is 2.24. The highest BCUT2D eigenvalue weighted by atomic mass is 16.5. The number of amides is 2. The van der Waals surface area contributed by atoms with Gasteiger partial charge in [-0.2, -0.15) is 0 Å². The number of rotatable bonds is 7. The number of carbonyl (C=O) groups is 2. The Morgan fingerprint density at radius 2 is 1.71 bits per heavy atom. The fraction of sp³-hybridized carbons (Fsp3) is 0.417. The molecule has 1 heterocycles. The van der Waals surface area contributed by atoms with Crippen LogP contribution in [0, 0.1) is 0 Å². The van der Waals surface area contributed by atoms with Crippen molar-refractivity contribution in [1.82, 2.24) is 10.2 Å². The van der Waals surface area contributed by atoms with Crippen molar-refractivity contribution in [3.05, 3.63) is 59.7 Å². The molecule has 1 aliphatic heterocycles. The molecule has 0 aliphatic carbocycles. The fourth-order valence-corrected chi connectivity index (χ4v) is 3.74. The maximum atomic E-state index is 12.5. The summed E-state index contributed by atoms with van der Waals surface area (Å²) in [6.45, 7) is 5.25. The second kappa shape index (κ2) is 10.9. The Balaban J connectivity index is 1.67. The van der Waals surface area contributed by atoms with Crippen LogP contribution in [0.25, 0.3) is 0 Å². The second-order valence-electron chi connectivity index (χ2n) is 7.82. The molecule has 0 spiro atoms. The van der Waals surface area contributed by atoms with E-state index in [1.54, 1.807) is 0 Å². The first-order chi connectivity index (χ1) is 15.0. The van der Waals surface area contributed by atoms with Crippen molar-refractivity contribution in [2.75, 3.05) is 57.2 Å².